The Labute approximate surface area is 115 Å². The van der Waals surface area contributed by atoms with E-state index in [4.69, 9.17) is 4.52 Å². The highest BCUT2D eigenvalue weighted by Crippen LogP contribution is 2.32. The fourth-order valence-electron chi connectivity index (χ4n) is 1.63. The lowest BCUT2D eigenvalue weighted by atomic mass is 10.1. The zero-order chi connectivity index (χ0) is 14.2. The van der Waals surface area contributed by atoms with E-state index in [2.05, 4.69) is 25.8 Å². The van der Waals surface area contributed by atoms with Gasteiger partial charge in [-0.1, -0.05) is 5.16 Å². The minimum atomic E-state index is -0.736. The van der Waals surface area contributed by atoms with Gasteiger partial charge in [0.1, 0.15) is 28.7 Å². The van der Waals surface area contributed by atoms with Crippen molar-refractivity contribution in [3.63, 3.8) is 0 Å². The van der Waals surface area contributed by atoms with Crippen molar-refractivity contribution in [1.29, 1.82) is 0 Å². The van der Waals surface area contributed by atoms with Crippen molar-refractivity contribution in [2.45, 2.75) is 6.92 Å². The summed E-state index contributed by atoms with van der Waals surface area (Å²) >= 11 is 2.89. The Kier molecular flexibility index (Phi) is 3.66. The Bertz CT molecular complexity index is 655. The summed E-state index contributed by atoms with van der Waals surface area (Å²) in [5.74, 6) is -1.96. The maximum absolute atomic E-state index is 14.0. The van der Waals surface area contributed by atoms with Crippen LogP contribution in [0.5, 0.6) is 0 Å². The van der Waals surface area contributed by atoms with Crippen molar-refractivity contribution in [2.24, 2.45) is 0 Å². The molecule has 19 heavy (non-hydrogen) atoms. The number of aromatic nitrogens is 1. The molecule has 0 spiro atoms. The Morgan fingerprint density at radius 1 is 1.42 bits per heavy atom. The standard InChI is InChI=1S/C12H8BrF2NO3/c1-5-9(12(17)18-2)11(16-19-5)7-3-6(14)4-8(13)10(7)15/h3-4H,1-2H3. The molecule has 0 bridgehead atoms. The maximum atomic E-state index is 14.0. The fourth-order valence-corrected chi connectivity index (χ4v) is 2.06. The highest BCUT2D eigenvalue weighted by molar-refractivity contribution is 9.10. The van der Waals surface area contributed by atoms with Gasteiger partial charge in [0.2, 0.25) is 0 Å². The van der Waals surface area contributed by atoms with Gasteiger partial charge < -0.3 is 9.26 Å². The van der Waals surface area contributed by atoms with E-state index in [9.17, 15) is 13.6 Å². The van der Waals surface area contributed by atoms with Crippen LogP contribution >= 0.6 is 15.9 Å². The average Bonchev–Trinajstić information content (AvgIpc) is 2.74. The van der Waals surface area contributed by atoms with E-state index < -0.39 is 17.6 Å². The lowest BCUT2D eigenvalue weighted by molar-refractivity contribution is 0.0599. The van der Waals surface area contributed by atoms with E-state index in [1.165, 1.54) is 14.0 Å². The molecule has 0 saturated carbocycles. The van der Waals surface area contributed by atoms with Crippen LogP contribution in [-0.4, -0.2) is 18.2 Å². The smallest absolute Gasteiger partial charge is 0.343 e. The minimum absolute atomic E-state index is 0.0288. The summed E-state index contributed by atoms with van der Waals surface area (Å²) in [5.41, 5.74) is -0.301. The zero-order valence-corrected chi connectivity index (χ0v) is 11.5. The molecule has 0 atom stereocenters. The SMILES string of the molecule is COC(=O)c1c(-c2cc(F)cc(Br)c2F)noc1C. The number of benzene rings is 1. The monoisotopic (exact) mass is 331 g/mol. The van der Waals surface area contributed by atoms with Gasteiger partial charge in [-0.05, 0) is 35.0 Å². The molecule has 4 nitrogen and oxygen atoms in total. The topological polar surface area (TPSA) is 52.3 Å². The number of hydrogen-bond acceptors (Lipinski definition) is 4. The molecular formula is C12H8BrF2NO3. The molecule has 1 aromatic carbocycles. The molecule has 2 aromatic rings. The Balaban J connectivity index is 2.70. The maximum Gasteiger partial charge on any atom is 0.343 e. The number of carbonyl (C=O) groups excluding carboxylic acids is 1. The molecule has 0 aliphatic rings. The van der Waals surface area contributed by atoms with Crippen molar-refractivity contribution in [2.75, 3.05) is 7.11 Å². The molecule has 0 fully saturated rings. The van der Waals surface area contributed by atoms with Crippen LogP contribution in [-0.2, 0) is 4.74 Å². The highest BCUT2D eigenvalue weighted by atomic mass is 79.9. The Morgan fingerprint density at radius 3 is 2.74 bits per heavy atom. The second-order valence-electron chi connectivity index (χ2n) is 3.70. The van der Waals surface area contributed by atoms with Crippen LogP contribution in [0.15, 0.2) is 21.1 Å². The quantitative estimate of drug-likeness (QED) is 0.624. The summed E-state index contributed by atoms with van der Waals surface area (Å²) in [6.45, 7) is 1.48. The predicted molar refractivity (Wildman–Crippen MR) is 65.6 cm³/mol. The molecule has 100 valence electrons. The van der Waals surface area contributed by atoms with Crippen LogP contribution in [0.2, 0.25) is 0 Å². The lowest BCUT2D eigenvalue weighted by Gasteiger charge is -2.04. The third-order valence-corrected chi connectivity index (χ3v) is 3.08. The van der Waals surface area contributed by atoms with Gasteiger partial charge in [-0.15, -0.1) is 0 Å². The molecule has 0 aliphatic heterocycles. The second-order valence-corrected chi connectivity index (χ2v) is 4.56. The number of nitrogens with zero attached hydrogens (tertiary/aromatic N) is 1. The summed E-state index contributed by atoms with van der Waals surface area (Å²) in [5, 5.41) is 3.59. The van der Waals surface area contributed by atoms with Crippen LogP contribution in [0.1, 0.15) is 16.1 Å². The summed E-state index contributed by atoms with van der Waals surface area (Å²) in [7, 11) is 1.18. The van der Waals surface area contributed by atoms with Gasteiger partial charge in [-0.25, -0.2) is 13.6 Å². The predicted octanol–water partition coefficient (Wildman–Crippen LogP) is 3.48. The molecule has 0 unspecified atom stereocenters. The first-order valence-electron chi connectivity index (χ1n) is 5.15. The Hall–Kier alpha value is -1.76. The molecule has 0 amide bonds. The van der Waals surface area contributed by atoms with Crippen LogP contribution in [0.4, 0.5) is 8.78 Å². The minimum Gasteiger partial charge on any atom is -0.465 e. The first-order chi connectivity index (χ1) is 8.95. The van der Waals surface area contributed by atoms with Gasteiger partial charge in [0.25, 0.3) is 0 Å². The van der Waals surface area contributed by atoms with Crippen molar-refractivity contribution >= 4 is 21.9 Å². The van der Waals surface area contributed by atoms with Gasteiger partial charge in [0.05, 0.1) is 11.6 Å². The van der Waals surface area contributed by atoms with Crippen LogP contribution in [0, 0.1) is 18.6 Å². The summed E-state index contributed by atoms with van der Waals surface area (Å²) in [6, 6.07) is 1.91. The molecule has 7 heteroatoms. The van der Waals surface area contributed by atoms with Gasteiger partial charge in [-0.2, -0.15) is 0 Å². The van der Waals surface area contributed by atoms with E-state index >= 15 is 0 Å². The lowest BCUT2D eigenvalue weighted by Crippen LogP contribution is -2.04. The van der Waals surface area contributed by atoms with Crippen LogP contribution in [0.25, 0.3) is 11.3 Å². The van der Waals surface area contributed by atoms with Gasteiger partial charge in [-0.3, -0.25) is 0 Å². The first kappa shape index (κ1) is 13.7. The van der Waals surface area contributed by atoms with Crippen molar-refractivity contribution in [3.8, 4) is 11.3 Å². The fraction of sp³-hybridized carbons (Fsp3) is 0.167. The third-order valence-electron chi connectivity index (χ3n) is 2.50. The number of ether oxygens (including phenoxy) is 1. The van der Waals surface area contributed by atoms with Crippen LogP contribution < -0.4 is 0 Å². The molecule has 0 radical (unpaired) electrons. The molecule has 0 aliphatic carbocycles. The second kappa shape index (κ2) is 5.08. The first-order valence-corrected chi connectivity index (χ1v) is 5.94. The largest absolute Gasteiger partial charge is 0.465 e. The number of aryl methyl sites for hydroxylation is 1. The van der Waals surface area contributed by atoms with E-state index in [0.29, 0.717) is 0 Å². The summed E-state index contributed by atoms with van der Waals surface area (Å²) in [6.07, 6.45) is 0. The zero-order valence-electron chi connectivity index (χ0n) is 9.96. The van der Waals surface area contributed by atoms with Gasteiger partial charge in [0, 0.05) is 5.56 Å². The molecule has 0 N–H and O–H groups in total. The number of halogens is 3. The van der Waals surface area contributed by atoms with Crippen molar-refractivity contribution in [3.05, 3.63) is 39.6 Å². The van der Waals surface area contributed by atoms with E-state index in [-0.39, 0.29) is 27.1 Å². The number of hydrogen-bond donors (Lipinski definition) is 0. The Morgan fingerprint density at radius 2 is 2.11 bits per heavy atom. The molecule has 0 saturated heterocycles. The van der Waals surface area contributed by atoms with E-state index in [0.717, 1.165) is 12.1 Å². The molecule has 2 rings (SSSR count). The summed E-state index contributed by atoms with van der Waals surface area (Å²) in [4.78, 5) is 11.6. The number of carbonyl (C=O) groups is 1. The van der Waals surface area contributed by atoms with Gasteiger partial charge in [0.15, 0.2) is 0 Å². The summed E-state index contributed by atoms with van der Waals surface area (Å²) < 4.78 is 36.7. The number of rotatable bonds is 2. The van der Waals surface area contributed by atoms with Crippen molar-refractivity contribution in [1.82, 2.24) is 5.16 Å². The molecule has 1 heterocycles. The van der Waals surface area contributed by atoms with E-state index in [1.807, 2.05) is 0 Å². The van der Waals surface area contributed by atoms with E-state index in [1.54, 1.807) is 0 Å². The normalized spacial score (nSPS) is 10.6. The average molecular weight is 332 g/mol. The molecule has 1 aromatic heterocycles. The number of methoxy groups -OCH3 is 1. The van der Waals surface area contributed by atoms with Gasteiger partial charge >= 0.3 is 5.97 Å². The highest BCUT2D eigenvalue weighted by Gasteiger charge is 2.25. The van der Waals surface area contributed by atoms with Crippen LogP contribution in [0.3, 0.4) is 0 Å². The number of esters is 1. The van der Waals surface area contributed by atoms with Crippen molar-refractivity contribution < 1.29 is 22.8 Å². The molecular weight excluding hydrogens is 324 g/mol. The third kappa shape index (κ3) is 2.37.